The third kappa shape index (κ3) is 0.831. The lowest BCUT2D eigenvalue weighted by Gasteiger charge is -2.40. The molecule has 3 aliphatic carbocycles. The maximum absolute atomic E-state index is 2.59. The number of hydrogen-bond acceptors (Lipinski definition) is 0. The second-order valence-corrected chi connectivity index (χ2v) is 6.35. The van der Waals surface area contributed by atoms with Crippen LogP contribution in [0.2, 0.25) is 0 Å². The summed E-state index contributed by atoms with van der Waals surface area (Å²) in [5.74, 6) is 5.40. The highest BCUT2D eigenvalue weighted by molar-refractivity contribution is 5.10. The smallest absolute Gasteiger partial charge is 0.0264 e. The highest BCUT2D eigenvalue weighted by Crippen LogP contribution is 2.68. The summed E-state index contributed by atoms with van der Waals surface area (Å²) < 4.78 is 0. The topological polar surface area (TPSA) is 0 Å². The van der Waals surface area contributed by atoms with E-state index in [0.29, 0.717) is 0 Å². The highest BCUT2D eigenvalue weighted by Gasteiger charge is 2.61. The maximum Gasteiger partial charge on any atom is -0.0264 e. The molecule has 0 radical (unpaired) electrons. The van der Waals surface area contributed by atoms with Gasteiger partial charge in [0, 0.05) is 0 Å². The Hall–Kier alpha value is 0. The van der Waals surface area contributed by atoms with Gasteiger partial charge in [0.2, 0.25) is 0 Å². The molecular weight excluding hydrogens is 156 g/mol. The van der Waals surface area contributed by atoms with Gasteiger partial charge in [-0.2, -0.15) is 0 Å². The molecule has 0 N–H and O–H groups in total. The van der Waals surface area contributed by atoms with Gasteiger partial charge in [0.15, 0.2) is 0 Å². The molecule has 13 heavy (non-hydrogen) atoms. The van der Waals surface area contributed by atoms with Crippen LogP contribution in [0, 0.1) is 35.0 Å². The standard InChI is InChI=1S/C13H22/c1-8-4-5-11-10-6-9(2)13(3,7-10)12(8)11/h8-12H,4-7H2,1-3H3. The molecule has 3 aliphatic rings. The van der Waals surface area contributed by atoms with Crippen LogP contribution in [0.25, 0.3) is 0 Å². The van der Waals surface area contributed by atoms with E-state index in [1.807, 2.05) is 0 Å². The first-order valence-corrected chi connectivity index (χ1v) is 6.13. The molecule has 0 amide bonds. The van der Waals surface area contributed by atoms with Crippen molar-refractivity contribution in [2.45, 2.75) is 46.5 Å². The molecule has 0 heteroatoms. The van der Waals surface area contributed by atoms with Crippen molar-refractivity contribution in [2.24, 2.45) is 35.0 Å². The van der Waals surface area contributed by atoms with E-state index in [2.05, 4.69) is 20.8 Å². The minimum atomic E-state index is 0.741. The molecule has 0 aromatic heterocycles. The molecule has 0 aromatic rings. The van der Waals surface area contributed by atoms with Crippen molar-refractivity contribution < 1.29 is 0 Å². The zero-order chi connectivity index (χ0) is 9.22. The summed E-state index contributed by atoms with van der Waals surface area (Å²) in [5.41, 5.74) is 0.741. The van der Waals surface area contributed by atoms with Crippen molar-refractivity contribution >= 4 is 0 Å². The van der Waals surface area contributed by atoms with Crippen LogP contribution in [-0.4, -0.2) is 0 Å². The number of rotatable bonds is 0. The summed E-state index contributed by atoms with van der Waals surface area (Å²) in [6.07, 6.45) is 6.19. The van der Waals surface area contributed by atoms with Crippen molar-refractivity contribution in [3.63, 3.8) is 0 Å². The average molecular weight is 178 g/mol. The molecule has 0 nitrogen and oxygen atoms in total. The van der Waals surface area contributed by atoms with E-state index < -0.39 is 0 Å². The fraction of sp³-hybridized carbons (Fsp3) is 1.00. The quantitative estimate of drug-likeness (QED) is 0.530. The monoisotopic (exact) mass is 178 g/mol. The Morgan fingerprint density at radius 1 is 1.15 bits per heavy atom. The van der Waals surface area contributed by atoms with Gasteiger partial charge in [-0.3, -0.25) is 0 Å². The predicted molar refractivity (Wildman–Crippen MR) is 55.4 cm³/mol. The van der Waals surface area contributed by atoms with Gasteiger partial charge in [0.25, 0.3) is 0 Å². The lowest BCUT2D eigenvalue weighted by molar-refractivity contribution is 0.0815. The van der Waals surface area contributed by atoms with Gasteiger partial charge in [-0.15, -0.1) is 0 Å². The Morgan fingerprint density at radius 3 is 2.69 bits per heavy atom. The van der Waals surface area contributed by atoms with Crippen molar-refractivity contribution in [3.05, 3.63) is 0 Å². The lowest BCUT2D eigenvalue weighted by Crippen LogP contribution is -2.34. The zero-order valence-corrected chi connectivity index (χ0v) is 9.22. The molecule has 0 aromatic carbocycles. The van der Waals surface area contributed by atoms with E-state index in [-0.39, 0.29) is 0 Å². The minimum absolute atomic E-state index is 0.741. The second kappa shape index (κ2) is 2.32. The van der Waals surface area contributed by atoms with Crippen LogP contribution in [0.15, 0.2) is 0 Å². The van der Waals surface area contributed by atoms with Gasteiger partial charge in [0.1, 0.15) is 0 Å². The first-order chi connectivity index (χ1) is 6.13. The Labute approximate surface area is 82.1 Å². The molecule has 3 saturated carbocycles. The van der Waals surface area contributed by atoms with Gasteiger partial charge in [-0.1, -0.05) is 27.2 Å². The molecule has 6 unspecified atom stereocenters. The summed E-state index contributed by atoms with van der Waals surface area (Å²) in [4.78, 5) is 0. The largest absolute Gasteiger partial charge is 0.0622 e. The van der Waals surface area contributed by atoms with Crippen molar-refractivity contribution in [3.8, 4) is 0 Å². The summed E-state index contributed by atoms with van der Waals surface area (Å²) in [5, 5.41) is 0. The lowest BCUT2D eigenvalue weighted by atomic mass is 9.65. The fourth-order valence-corrected chi connectivity index (χ4v) is 5.27. The fourth-order valence-electron chi connectivity index (χ4n) is 5.27. The first-order valence-electron chi connectivity index (χ1n) is 6.13. The molecule has 2 bridgehead atoms. The summed E-state index contributed by atoms with van der Waals surface area (Å²) in [6.45, 7) is 7.59. The third-order valence-electron chi connectivity index (χ3n) is 5.88. The van der Waals surface area contributed by atoms with Gasteiger partial charge < -0.3 is 0 Å². The predicted octanol–water partition coefficient (Wildman–Crippen LogP) is 3.71. The Morgan fingerprint density at radius 2 is 1.92 bits per heavy atom. The normalized spacial score (nSPS) is 64.4. The van der Waals surface area contributed by atoms with Crippen molar-refractivity contribution in [2.75, 3.05) is 0 Å². The van der Waals surface area contributed by atoms with E-state index in [1.54, 1.807) is 19.3 Å². The van der Waals surface area contributed by atoms with Crippen LogP contribution in [0.3, 0.4) is 0 Å². The van der Waals surface area contributed by atoms with Crippen LogP contribution in [0.1, 0.15) is 46.5 Å². The molecule has 3 rings (SSSR count). The van der Waals surface area contributed by atoms with Crippen molar-refractivity contribution in [1.29, 1.82) is 0 Å². The van der Waals surface area contributed by atoms with Gasteiger partial charge in [-0.25, -0.2) is 0 Å². The minimum Gasteiger partial charge on any atom is -0.0622 e. The van der Waals surface area contributed by atoms with Gasteiger partial charge in [0.05, 0.1) is 0 Å². The van der Waals surface area contributed by atoms with Crippen molar-refractivity contribution in [1.82, 2.24) is 0 Å². The molecule has 6 atom stereocenters. The van der Waals surface area contributed by atoms with Crippen LogP contribution < -0.4 is 0 Å². The van der Waals surface area contributed by atoms with Gasteiger partial charge >= 0.3 is 0 Å². The maximum atomic E-state index is 2.59. The average Bonchev–Trinajstić information content (AvgIpc) is 2.63. The third-order valence-corrected chi connectivity index (χ3v) is 5.88. The molecule has 3 fully saturated rings. The first kappa shape index (κ1) is 8.32. The molecule has 0 aliphatic heterocycles. The second-order valence-electron chi connectivity index (χ2n) is 6.35. The van der Waals surface area contributed by atoms with E-state index in [4.69, 9.17) is 0 Å². The molecular formula is C13H22. The zero-order valence-electron chi connectivity index (χ0n) is 9.22. The molecule has 74 valence electrons. The van der Waals surface area contributed by atoms with Crippen LogP contribution >= 0.6 is 0 Å². The van der Waals surface area contributed by atoms with Crippen LogP contribution in [-0.2, 0) is 0 Å². The summed E-state index contributed by atoms with van der Waals surface area (Å²) >= 11 is 0. The van der Waals surface area contributed by atoms with E-state index in [9.17, 15) is 0 Å². The summed E-state index contributed by atoms with van der Waals surface area (Å²) in [7, 11) is 0. The molecule has 0 saturated heterocycles. The number of hydrogen-bond donors (Lipinski definition) is 0. The van der Waals surface area contributed by atoms with E-state index in [1.165, 1.54) is 6.42 Å². The van der Waals surface area contributed by atoms with Crippen LogP contribution in [0.5, 0.6) is 0 Å². The Kier molecular flexibility index (Phi) is 1.49. The molecule has 0 heterocycles. The SMILES string of the molecule is CC1CCC2C3CC(C)C(C)(C3)C12. The van der Waals surface area contributed by atoms with E-state index >= 15 is 0 Å². The molecule has 0 spiro atoms. The number of fused-ring (bicyclic) bond motifs is 5. The summed E-state index contributed by atoms with van der Waals surface area (Å²) in [6, 6.07) is 0. The highest BCUT2D eigenvalue weighted by atomic mass is 14.7. The van der Waals surface area contributed by atoms with E-state index in [0.717, 1.165) is 35.0 Å². The van der Waals surface area contributed by atoms with Crippen LogP contribution in [0.4, 0.5) is 0 Å². The Balaban J connectivity index is 1.99. The Bertz CT molecular complexity index is 232. The van der Waals surface area contributed by atoms with Gasteiger partial charge in [-0.05, 0) is 54.3 Å².